The molecule has 0 saturated heterocycles. The third-order valence-electron chi connectivity index (χ3n) is 16.4. The van der Waals surface area contributed by atoms with Crippen LogP contribution in [0, 0.1) is 0 Å². The van der Waals surface area contributed by atoms with Crippen LogP contribution in [0.1, 0.15) is 400 Å². The average molecular weight is 1120 g/mol. The van der Waals surface area contributed by atoms with Gasteiger partial charge in [-0.05, 0) is 77.0 Å². The van der Waals surface area contributed by atoms with Gasteiger partial charge < -0.3 is 14.2 Å². The highest BCUT2D eigenvalue weighted by Crippen LogP contribution is 2.19. The molecule has 1 atom stereocenters. The summed E-state index contributed by atoms with van der Waals surface area (Å²) >= 11 is 0. The van der Waals surface area contributed by atoms with Crippen LogP contribution in [0.2, 0.25) is 0 Å². The first-order valence-electron chi connectivity index (χ1n) is 36.0. The lowest BCUT2D eigenvalue weighted by Crippen LogP contribution is -2.30. The third kappa shape index (κ3) is 66.4. The molecule has 0 heterocycles. The minimum atomic E-state index is -0.773. The highest BCUT2D eigenvalue weighted by Gasteiger charge is 2.19. The van der Waals surface area contributed by atoms with Gasteiger partial charge in [-0.3, -0.25) is 14.4 Å². The van der Waals surface area contributed by atoms with Crippen LogP contribution in [0.4, 0.5) is 0 Å². The van der Waals surface area contributed by atoms with E-state index in [0.29, 0.717) is 19.3 Å². The minimum absolute atomic E-state index is 0.0688. The van der Waals surface area contributed by atoms with Crippen LogP contribution in [-0.2, 0) is 28.6 Å². The van der Waals surface area contributed by atoms with Crippen molar-refractivity contribution < 1.29 is 28.6 Å². The number of unbranched alkanes of at least 4 members (excludes halogenated alkanes) is 50. The number of rotatable bonds is 67. The monoisotopic (exact) mass is 1120 g/mol. The van der Waals surface area contributed by atoms with Crippen LogP contribution < -0.4 is 0 Å². The van der Waals surface area contributed by atoms with Crippen molar-refractivity contribution in [1.29, 1.82) is 0 Å². The third-order valence-corrected chi connectivity index (χ3v) is 16.4. The molecule has 470 valence electrons. The van der Waals surface area contributed by atoms with Gasteiger partial charge in [0.2, 0.25) is 0 Å². The van der Waals surface area contributed by atoms with Gasteiger partial charge in [0, 0.05) is 19.3 Å². The number of hydrogen-bond donors (Lipinski definition) is 0. The van der Waals surface area contributed by atoms with Crippen LogP contribution in [-0.4, -0.2) is 37.2 Å². The van der Waals surface area contributed by atoms with Crippen molar-refractivity contribution in [2.75, 3.05) is 13.2 Å². The summed E-state index contributed by atoms with van der Waals surface area (Å²) in [7, 11) is 0. The molecule has 0 rings (SSSR count). The molecule has 0 aliphatic heterocycles. The molecule has 0 radical (unpaired) electrons. The molecule has 80 heavy (non-hydrogen) atoms. The smallest absolute Gasteiger partial charge is 0.306 e. The number of ether oxygens (including phenoxy) is 3. The zero-order chi connectivity index (χ0) is 57.8. The van der Waals surface area contributed by atoms with E-state index in [2.05, 4.69) is 57.2 Å². The van der Waals surface area contributed by atoms with Gasteiger partial charge in [0.15, 0.2) is 6.10 Å². The highest BCUT2D eigenvalue weighted by molar-refractivity contribution is 5.71. The molecule has 0 aromatic heterocycles. The molecule has 6 nitrogen and oxygen atoms in total. The molecule has 0 saturated carbocycles. The molecule has 0 spiro atoms. The van der Waals surface area contributed by atoms with Crippen molar-refractivity contribution in [2.45, 2.75) is 406 Å². The van der Waals surface area contributed by atoms with E-state index in [4.69, 9.17) is 14.2 Å². The Hall–Kier alpha value is -2.37. The fourth-order valence-corrected chi connectivity index (χ4v) is 10.9. The van der Waals surface area contributed by atoms with Crippen LogP contribution >= 0.6 is 0 Å². The molecule has 1 unspecified atom stereocenters. The molecule has 0 aromatic carbocycles. The Kier molecular flexibility index (Phi) is 67.1. The van der Waals surface area contributed by atoms with Gasteiger partial charge in [-0.15, -0.1) is 0 Å². The van der Waals surface area contributed by atoms with Crippen molar-refractivity contribution in [3.8, 4) is 0 Å². The number of carbonyl (C=O) groups excluding carboxylic acids is 3. The lowest BCUT2D eigenvalue weighted by atomic mass is 10.0. The Morgan fingerprint density at radius 3 is 0.700 bits per heavy atom. The second-order valence-corrected chi connectivity index (χ2v) is 24.5. The number of hydrogen-bond acceptors (Lipinski definition) is 6. The summed E-state index contributed by atoms with van der Waals surface area (Å²) in [4.78, 5) is 38.4. The molecule has 0 fully saturated rings. The maximum atomic E-state index is 12.9. The van der Waals surface area contributed by atoms with Crippen LogP contribution in [0.15, 0.2) is 36.5 Å². The van der Waals surface area contributed by atoms with Crippen LogP contribution in [0.25, 0.3) is 0 Å². The predicted molar refractivity (Wildman–Crippen MR) is 349 cm³/mol. The summed E-state index contributed by atoms with van der Waals surface area (Å²) in [6.45, 7) is 6.69. The van der Waals surface area contributed by atoms with Crippen molar-refractivity contribution in [1.82, 2.24) is 0 Å². The van der Waals surface area contributed by atoms with E-state index in [9.17, 15) is 14.4 Å². The van der Waals surface area contributed by atoms with E-state index >= 15 is 0 Å². The molecule has 0 amide bonds. The second kappa shape index (κ2) is 69.1. The SMILES string of the molecule is CCCCCCC/C=C\C/C=C\CCCCCCCCCCCCCCCCCCCC(=O)OCC(COC(=O)CCCCCCC/C=C\CCCCCCC)OC(=O)CCCCCCCCCCCCCCCCCCCCC. The fourth-order valence-electron chi connectivity index (χ4n) is 10.9. The van der Waals surface area contributed by atoms with E-state index in [1.165, 1.54) is 289 Å². The Balaban J connectivity index is 4.20. The summed E-state index contributed by atoms with van der Waals surface area (Å²) in [5.41, 5.74) is 0. The van der Waals surface area contributed by atoms with E-state index < -0.39 is 6.10 Å². The summed E-state index contributed by atoms with van der Waals surface area (Å²) in [5, 5.41) is 0. The topological polar surface area (TPSA) is 78.9 Å². The minimum Gasteiger partial charge on any atom is -0.462 e. The second-order valence-electron chi connectivity index (χ2n) is 24.5. The molecular formula is C74H138O6. The standard InChI is InChI=1S/C74H138O6/c1-4-7-10-13-16-19-22-25-28-30-32-33-34-35-36-37-38-39-40-41-43-44-46-49-52-55-58-61-64-67-73(76)79-70-71(69-78-72(75)66-63-60-57-54-51-48-27-24-21-18-15-12-9-6-3)80-74(77)68-65-62-59-56-53-50-47-45-42-31-29-26-23-20-17-14-11-8-5-2/h22,24-25,27,30,32,71H,4-21,23,26,28-29,31,33-70H2,1-3H3/b25-22-,27-24-,32-30-. The van der Waals surface area contributed by atoms with Gasteiger partial charge in [-0.1, -0.05) is 340 Å². The average Bonchev–Trinajstić information content (AvgIpc) is 3.46. The summed E-state index contributed by atoms with van der Waals surface area (Å²) < 4.78 is 17.0. The van der Waals surface area contributed by atoms with E-state index in [1.54, 1.807) is 0 Å². The lowest BCUT2D eigenvalue weighted by molar-refractivity contribution is -0.167. The van der Waals surface area contributed by atoms with Crippen molar-refractivity contribution in [2.24, 2.45) is 0 Å². The molecule has 0 N–H and O–H groups in total. The fraction of sp³-hybridized carbons (Fsp3) is 0.878. The molecule has 6 heteroatoms. The van der Waals surface area contributed by atoms with E-state index in [1.807, 2.05) is 0 Å². The Labute approximate surface area is 499 Å². The van der Waals surface area contributed by atoms with Gasteiger partial charge in [0.1, 0.15) is 13.2 Å². The lowest BCUT2D eigenvalue weighted by Gasteiger charge is -2.18. The van der Waals surface area contributed by atoms with Gasteiger partial charge in [-0.25, -0.2) is 0 Å². The molecule has 0 bridgehead atoms. The normalized spacial score (nSPS) is 12.2. The first kappa shape index (κ1) is 77.6. The van der Waals surface area contributed by atoms with Crippen molar-refractivity contribution in [3.63, 3.8) is 0 Å². The van der Waals surface area contributed by atoms with E-state index in [-0.39, 0.29) is 31.1 Å². The van der Waals surface area contributed by atoms with Crippen LogP contribution in [0.3, 0.4) is 0 Å². The predicted octanol–water partition coefficient (Wildman–Crippen LogP) is 24.7. The van der Waals surface area contributed by atoms with Gasteiger partial charge >= 0.3 is 17.9 Å². The zero-order valence-corrected chi connectivity index (χ0v) is 54.1. The van der Waals surface area contributed by atoms with Crippen molar-refractivity contribution >= 4 is 17.9 Å². The van der Waals surface area contributed by atoms with E-state index in [0.717, 1.165) is 70.6 Å². The quantitative estimate of drug-likeness (QED) is 0.0261. The maximum absolute atomic E-state index is 12.9. The largest absolute Gasteiger partial charge is 0.462 e. The van der Waals surface area contributed by atoms with Gasteiger partial charge in [-0.2, -0.15) is 0 Å². The summed E-state index contributed by atoms with van der Waals surface area (Å²) in [6.07, 6.45) is 86.1. The highest BCUT2D eigenvalue weighted by atomic mass is 16.6. The van der Waals surface area contributed by atoms with Crippen molar-refractivity contribution in [3.05, 3.63) is 36.5 Å². The Morgan fingerprint density at radius 2 is 0.450 bits per heavy atom. The number of esters is 3. The summed E-state index contributed by atoms with van der Waals surface area (Å²) in [5.74, 6) is -0.847. The van der Waals surface area contributed by atoms with Crippen LogP contribution in [0.5, 0.6) is 0 Å². The first-order valence-corrected chi connectivity index (χ1v) is 36.0. The number of allylic oxidation sites excluding steroid dienone is 6. The molecule has 0 aliphatic carbocycles. The zero-order valence-electron chi connectivity index (χ0n) is 54.1. The number of carbonyl (C=O) groups is 3. The first-order chi connectivity index (χ1) is 39.5. The Bertz CT molecular complexity index is 1340. The molecule has 0 aliphatic rings. The summed E-state index contributed by atoms with van der Waals surface area (Å²) in [6, 6.07) is 0. The molecule has 0 aromatic rings. The van der Waals surface area contributed by atoms with Gasteiger partial charge in [0.25, 0.3) is 0 Å². The molecular weight excluding hydrogens is 985 g/mol. The Morgan fingerprint density at radius 1 is 0.250 bits per heavy atom. The maximum Gasteiger partial charge on any atom is 0.306 e. The van der Waals surface area contributed by atoms with Gasteiger partial charge in [0.05, 0.1) is 0 Å².